The Bertz CT molecular complexity index is 408. The van der Waals surface area contributed by atoms with Crippen LogP contribution in [0.3, 0.4) is 0 Å². The molecule has 0 spiro atoms. The third kappa shape index (κ3) is 6.03. The maximum Gasteiger partial charge on any atom is 0.303 e. The van der Waals surface area contributed by atoms with Crippen LogP contribution in [0.25, 0.3) is 0 Å². The molecular weight excluding hydrogens is 332 g/mol. The fourth-order valence-electron chi connectivity index (χ4n) is 3.60. The van der Waals surface area contributed by atoms with Crippen LogP contribution in [0.4, 0.5) is 0 Å². The molecular formula is C18H29ClO5. The lowest BCUT2D eigenvalue weighted by Gasteiger charge is -2.29. The Labute approximate surface area is 149 Å². The van der Waals surface area contributed by atoms with Gasteiger partial charge in [-0.05, 0) is 50.9 Å². The van der Waals surface area contributed by atoms with E-state index in [4.69, 9.17) is 26.2 Å². The molecule has 2 rings (SSSR count). The minimum absolute atomic E-state index is 0.0144. The number of alkyl halides is 1. The molecule has 24 heavy (non-hydrogen) atoms. The van der Waals surface area contributed by atoms with Crippen LogP contribution in [0.5, 0.6) is 0 Å². The van der Waals surface area contributed by atoms with Gasteiger partial charge in [0.1, 0.15) is 0 Å². The lowest BCUT2D eigenvalue weighted by Crippen LogP contribution is -2.32. The Morgan fingerprint density at radius 1 is 1.29 bits per heavy atom. The fourth-order valence-corrected chi connectivity index (χ4v) is 4.07. The van der Waals surface area contributed by atoms with Crippen molar-refractivity contribution >= 4 is 17.6 Å². The van der Waals surface area contributed by atoms with E-state index in [1.807, 2.05) is 6.08 Å². The van der Waals surface area contributed by atoms with E-state index in [2.05, 4.69) is 6.08 Å². The van der Waals surface area contributed by atoms with Gasteiger partial charge in [-0.2, -0.15) is 0 Å². The average molecular weight is 361 g/mol. The highest BCUT2D eigenvalue weighted by Crippen LogP contribution is 2.41. The minimum Gasteiger partial charge on any atom is -0.481 e. The van der Waals surface area contributed by atoms with Gasteiger partial charge in [-0.25, -0.2) is 0 Å². The number of unbranched alkanes of at least 4 members (excludes halogenated alkanes) is 1. The zero-order valence-electron chi connectivity index (χ0n) is 14.1. The summed E-state index contributed by atoms with van der Waals surface area (Å²) >= 11 is 6.50. The zero-order valence-corrected chi connectivity index (χ0v) is 14.9. The van der Waals surface area contributed by atoms with Gasteiger partial charge in [-0.1, -0.05) is 12.2 Å². The molecule has 0 amide bonds. The van der Waals surface area contributed by atoms with Gasteiger partial charge in [0.25, 0.3) is 0 Å². The van der Waals surface area contributed by atoms with Crippen molar-refractivity contribution < 1.29 is 24.5 Å². The molecule has 1 saturated heterocycles. The Hall–Kier alpha value is -0.620. The quantitative estimate of drug-likeness (QED) is 0.374. The number of rotatable bonds is 9. The average Bonchev–Trinajstić information content (AvgIpc) is 2.86. The number of aliphatic carboxylic acids is 1. The number of carboxylic acid groups (broad SMARTS) is 1. The molecule has 1 unspecified atom stereocenters. The molecule has 5 nitrogen and oxygen atoms in total. The van der Waals surface area contributed by atoms with Crippen molar-refractivity contribution in [2.24, 2.45) is 11.8 Å². The van der Waals surface area contributed by atoms with Crippen LogP contribution in [0.2, 0.25) is 0 Å². The number of carboxylic acids is 1. The van der Waals surface area contributed by atoms with Gasteiger partial charge in [0.15, 0.2) is 6.29 Å². The molecule has 2 aliphatic rings. The van der Waals surface area contributed by atoms with Crippen LogP contribution >= 0.6 is 11.6 Å². The number of hydrogen-bond acceptors (Lipinski definition) is 4. The van der Waals surface area contributed by atoms with Crippen LogP contribution in [0.1, 0.15) is 51.4 Å². The summed E-state index contributed by atoms with van der Waals surface area (Å²) in [6.07, 6.45) is 10.1. The molecule has 2 fully saturated rings. The number of aliphatic hydroxyl groups excluding tert-OH is 1. The predicted molar refractivity (Wildman–Crippen MR) is 92.0 cm³/mol. The molecule has 6 heteroatoms. The largest absolute Gasteiger partial charge is 0.481 e. The van der Waals surface area contributed by atoms with Crippen molar-refractivity contribution in [3.05, 3.63) is 12.2 Å². The SMILES string of the molecule is O=C(O)CCCC=CC[C@@H]1[C@@H](CO)[C@H](OC2CCCCO2)C[C@H]1Cl. The van der Waals surface area contributed by atoms with E-state index < -0.39 is 5.97 Å². The van der Waals surface area contributed by atoms with E-state index in [0.29, 0.717) is 6.42 Å². The molecule has 138 valence electrons. The number of ether oxygens (including phenoxy) is 2. The highest BCUT2D eigenvalue weighted by Gasteiger charge is 2.43. The maximum atomic E-state index is 10.5. The second kappa shape index (κ2) is 10.4. The minimum atomic E-state index is -0.759. The Morgan fingerprint density at radius 2 is 2.12 bits per heavy atom. The summed E-state index contributed by atoms with van der Waals surface area (Å²) in [5.41, 5.74) is 0. The van der Waals surface area contributed by atoms with E-state index in [1.165, 1.54) is 0 Å². The summed E-state index contributed by atoms with van der Waals surface area (Å²) in [7, 11) is 0. The highest BCUT2D eigenvalue weighted by atomic mass is 35.5. The lowest BCUT2D eigenvalue weighted by atomic mass is 9.92. The first kappa shape index (κ1) is 19.7. The Balaban J connectivity index is 1.78. The third-order valence-electron chi connectivity index (χ3n) is 4.96. The molecule has 0 aromatic heterocycles. The first-order valence-corrected chi connectivity index (χ1v) is 9.44. The van der Waals surface area contributed by atoms with Crippen molar-refractivity contribution in [3.8, 4) is 0 Å². The maximum absolute atomic E-state index is 10.5. The van der Waals surface area contributed by atoms with Crippen LogP contribution in [-0.4, -0.2) is 47.2 Å². The summed E-state index contributed by atoms with van der Waals surface area (Å²) in [5.74, 6) is -0.548. The number of hydrogen-bond donors (Lipinski definition) is 2. The number of aliphatic hydroxyl groups is 1. The molecule has 1 saturated carbocycles. The molecule has 1 heterocycles. The van der Waals surface area contributed by atoms with Crippen molar-refractivity contribution in [2.45, 2.75) is 69.1 Å². The lowest BCUT2D eigenvalue weighted by molar-refractivity contribution is -0.197. The van der Waals surface area contributed by atoms with Gasteiger partial charge >= 0.3 is 5.97 Å². The smallest absolute Gasteiger partial charge is 0.303 e. The third-order valence-corrected chi connectivity index (χ3v) is 5.46. The fraction of sp³-hybridized carbons (Fsp3) is 0.833. The van der Waals surface area contributed by atoms with E-state index >= 15 is 0 Å². The second-order valence-corrected chi connectivity index (χ2v) is 7.29. The molecule has 1 aliphatic carbocycles. The van der Waals surface area contributed by atoms with Crippen molar-refractivity contribution in [2.75, 3.05) is 13.2 Å². The number of carbonyl (C=O) groups is 1. The molecule has 0 radical (unpaired) electrons. The van der Waals surface area contributed by atoms with Gasteiger partial charge in [-0.3, -0.25) is 4.79 Å². The zero-order chi connectivity index (χ0) is 17.4. The van der Waals surface area contributed by atoms with Crippen LogP contribution in [0.15, 0.2) is 12.2 Å². The summed E-state index contributed by atoms with van der Waals surface area (Å²) in [4.78, 5) is 10.5. The molecule has 5 atom stereocenters. The normalized spacial score (nSPS) is 34.0. The summed E-state index contributed by atoms with van der Waals surface area (Å²) in [6, 6.07) is 0. The molecule has 2 N–H and O–H groups in total. The van der Waals surface area contributed by atoms with Gasteiger partial charge < -0.3 is 19.7 Å². The number of halogens is 1. The molecule has 0 aromatic rings. The number of allylic oxidation sites excluding steroid dienone is 2. The predicted octanol–water partition coefficient (Wildman–Crippen LogP) is 3.34. The van der Waals surface area contributed by atoms with Gasteiger partial charge in [0.05, 0.1) is 6.10 Å². The van der Waals surface area contributed by atoms with Gasteiger partial charge in [0, 0.05) is 30.9 Å². The van der Waals surface area contributed by atoms with Crippen molar-refractivity contribution in [3.63, 3.8) is 0 Å². The van der Waals surface area contributed by atoms with E-state index in [0.717, 1.165) is 45.1 Å². The van der Waals surface area contributed by atoms with Crippen molar-refractivity contribution in [1.82, 2.24) is 0 Å². The standard InChI is InChI=1S/C18H29ClO5/c19-15-11-16(24-18-9-5-6-10-23-18)14(12-20)13(15)7-3-1-2-4-8-17(21)22/h1,3,13-16,18,20H,2,4-12H2,(H,21,22)/t13-,14-,15-,16-,18?/m1/s1. The molecule has 0 aromatic carbocycles. The van der Waals surface area contributed by atoms with Crippen LogP contribution < -0.4 is 0 Å². The summed E-state index contributed by atoms with van der Waals surface area (Å²) in [5, 5.41) is 18.4. The van der Waals surface area contributed by atoms with E-state index in [-0.39, 0.29) is 42.6 Å². The second-order valence-electron chi connectivity index (χ2n) is 6.73. The Kier molecular flexibility index (Phi) is 8.53. The monoisotopic (exact) mass is 360 g/mol. The van der Waals surface area contributed by atoms with Gasteiger partial charge in [0.2, 0.25) is 0 Å². The van der Waals surface area contributed by atoms with E-state index in [9.17, 15) is 9.90 Å². The Morgan fingerprint density at radius 3 is 2.79 bits per heavy atom. The van der Waals surface area contributed by atoms with Gasteiger partial charge in [-0.15, -0.1) is 11.6 Å². The van der Waals surface area contributed by atoms with Crippen molar-refractivity contribution in [1.29, 1.82) is 0 Å². The van der Waals surface area contributed by atoms with Crippen LogP contribution in [-0.2, 0) is 14.3 Å². The first-order chi connectivity index (χ1) is 11.6. The topological polar surface area (TPSA) is 76.0 Å². The molecule has 1 aliphatic heterocycles. The first-order valence-electron chi connectivity index (χ1n) is 9.00. The summed E-state index contributed by atoms with van der Waals surface area (Å²) in [6.45, 7) is 0.812. The van der Waals surface area contributed by atoms with Crippen LogP contribution in [0, 0.1) is 11.8 Å². The highest BCUT2D eigenvalue weighted by molar-refractivity contribution is 6.21. The van der Waals surface area contributed by atoms with E-state index in [1.54, 1.807) is 0 Å². The molecule has 0 bridgehead atoms. The summed E-state index contributed by atoms with van der Waals surface area (Å²) < 4.78 is 11.7.